The Morgan fingerprint density at radius 1 is 1.35 bits per heavy atom. The van der Waals surface area contributed by atoms with Crippen molar-refractivity contribution in [2.24, 2.45) is 11.1 Å². The van der Waals surface area contributed by atoms with Crippen molar-refractivity contribution in [1.82, 2.24) is 10.1 Å². The van der Waals surface area contributed by atoms with Crippen LogP contribution in [0.3, 0.4) is 0 Å². The molecule has 5 nitrogen and oxygen atoms in total. The molecule has 2 atom stereocenters. The maximum Gasteiger partial charge on any atom is 0.247 e. The van der Waals surface area contributed by atoms with Crippen LogP contribution in [-0.4, -0.2) is 22.9 Å². The van der Waals surface area contributed by atoms with Crippen LogP contribution in [0.2, 0.25) is 10.0 Å². The lowest BCUT2D eigenvalue weighted by Gasteiger charge is -2.56. The Labute approximate surface area is 145 Å². The summed E-state index contributed by atoms with van der Waals surface area (Å²) in [5, 5.41) is 4.95. The van der Waals surface area contributed by atoms with E-state index in [4.69, 9.17) is 38.2 Å². The van der Waals surface area contributed by atoms with Crippen LogP contribution in [0.4, 0.5) is 0 Å². The average Bonchev–Trinajstić information content (AvgIpc) is 2.96. The van der Waals surface area contributed by atoms with E-state index in [-0.39, 0.29) is 11.5 Å². The van der Waals surface area contributed by atoms with Gasteiger partial charge in [-0.2, -0.15) is 4.98 Å². The molecule has 1 aliphatic carbocycles. The van der Waals surface area contributed by atoms with Gasteiger partial charge in [0.25, 0.3) is 0 Å². The van der Waals surface area contributed by atoms with Crippen molar-refractivity contribution < 1.29 is 9.26 Å². The predicted molar refractivity (Wildman–Crippen MR) is 89.4 cm³/mol. The minimum atomic E-state index is -0.730. The van der Waals surface area contributed by atoms with Gasteiger partial charge in [0, 0.05) is 18.4 Å². The number of halogens is 2. The number of hydrogen-bond acceptors (Lipinski definition) is 5. The molecular formula is C16H19Cl2N3O2. The summed E-state index contributed by atoms with van der Waals surface area (Å²) in [4.78, 5) is 4.46. The Balaban J connectivity index is 1.94. The van der Waals surface area contributed by atoms with Gasteiger partial charge in [-0.25, -0.2) is 0 Å². The highest BCUT2D eigenvalue weighted by Crippen LogP contribution is 2.55. The summed E-state index contributed by atoms with van der Waals surface area (Å²) in [5.74, 6) is 0.723. The fourth-order valence-electron chi connectivity index (χ4n) is 3.02. The first-order valence-corrected chi connectivity index (χ1v) is 8.26. The summed E-state index contributed by atoms with van der Waals surface area (Å²) in [6, 6.07) is 5.23. The third-order valence-electron chi connectivity index (χ3n) is 4.82. The number of aromatic nitrogens is 2. The molecule has 23 heavy (non-hydrogen) atoms. The quantitative estimate of drug-likeness (QED) is 0.895. The predicted octanol–water partition coefficient (Wildman–Crippen LogP) is 4.03. The van der Waals surface area contributed by atoms with E-state index in [0.29, 0.717) is 40.4 Å². The van der Waals surface area contributed by atoms with Gasteiger partial charge in [-0.15, -0.1) is 0 Å². The lowest BCUT2D eigenvalue weighted by molar-refractivity contribution is -0.162. The molecule has 7 heteroatoms. The summed E-state index contributed by atoms with van der Waals surface area (Å²) in [6.07, 6.45) is 0.697. The smallest absolute Gasteiger partial charge is 0.247 e. The molecule has 0 spiro atoms. The van der Waals surface area contributed by atoms with Crippen molar-refractivity contribution in [2.45, 2.75) is 38.8 Å². The normalized spacial score (nSPS) is 26.1. The molecule has 0 amide bonds. The largest absolute Gasteiger partial charge is 0.378 e. The zero-order valence-electron chi connectivity index (χ0n) is 13.3. The average molecular weight is 356 g/mol. The minimum Gasteiger partial charge on any atom is -0.378 e. The van der Waals surface area contributed by atoms with Crippen molar-refractivity contribution >= 4 is 23.2 Å². The van der Waals surface area contributed by atoms with Gasteiger partial charge in [-0.3, -0.25) is 0 Å². The van der Waals surface area contributed by atoms with E-state index in [2.05, 4.69) is 10.1 Å². The van der Waals surface area contributed by atoms with E-state index in [1.807, 2.05) is 20.8 Å². The molecule has 1 heterocycles. The van der Waals surface area contributed by atoms with Crippen molar-refractivity contribution in [1.29, 1.82) is 0 Å². The van der Waals surface area contributed by atoms with Crippen LogP contribution in [0.5, 0.6) is 0 Å². The van der Waals surface area contributed by atoms with Gasteiger partial charge in [0.05, 0.1) is 21.7 Å². The van der Waals surface area contributed by atoms with E-state index < -0.39 is 5.54 Å². The minimum absolute atomic E-state index is 0.0664. The van der Waals surface area contributed by atoms with Crippen LogP contribution < -0.4 is 5.73 Å². The molecule has 2 N–H and O–H groups in total. The summed E-state index contributed by atoms with van der Waals surface area (Å²) in [7, 11) is 0. The molecule has 1 aromatic heterocycles. The third kappa shape index (κ3) is 2.47. The van der Waals surface area contributed by atoms with Gasteiger partial charge in [-0.05, 0) is 19.1 Å². The molecule has 1 aromatic carbocycles. The molecule has 1 saturated carbocycles. The van der Waals surface area contributed by atoms with E-state index in [1.54, 1.807) is 18.2 Å². The Bertz CT molecular complexity index is 712. The van der Waals surface area contributed by atoms with E-state index in [9.17, 15) is 0 Å². The number of benzene rings is 1. The Morgan fingerprint density at radius 3 is 2.57 bits per heavy atom. The number of hydrogen-bond donors (Lipinski definition) is 1. The summed E-state index contributed by atoms with van der Waals surface area (Å²) in [5.41, 5.74) is 6.06. The molecule has 124 valence electrons. The standard InChI is InChI=1S/C16H19Cl2N3O2/c1-4-22-11-8-16(19,15(11,2)3)14-20-13(21-23-14)12-9(17)6-5-7-10(12)18/h5-7,11H,4,8,19H2,1-3H3. The maximum absolute atomic E-state index is 6.55. The molecule has 0 bridgehead atoms. The Kier molecular flexibility index (Phi) is 4.17. The van der Waals surface area contributed by atoms with Crippen LogP contribution in [-0.2, 0) is 10.3 Å². The molecule has 3 rings (SSSR count). The second-order valence-corrected chi connectivity index (χ2v) is 7.18. The van der Waals surface area contributed by atoms with Crippen LogP contribution in [0.1, 0.15) is 33.1 Å². The topological polar surface area (TPSA) is 74.2 Å². The summed E-state index contributed by atoms with van der Waals surface area (Å²) in [6.45, 7) is 6.71. The molecule has 0 aliphatic heterocycles. The first kappa shape index (κ1) is 16.7. The summed E-state index contributed by atoms with van der Waals surface area (Å²) < 4.78 is 11.2. The van der Waals surface area contributed by atoms with E-state index in [1.165, 1.54) is 0 Å². The SMILES string of the molecule is CCOC1CC(N)(c2nc(-c3c(Cl)cccc3Cl)no2)C1(C)C. The van der Waals surface area contributed by atoms with Crippen LogP contribution in [0.15, 0.2) is 22.7 Å². The van der Waals surface area contributed by atoms with Crippen molar-refractivity contribution in [3.05, 3.63) is 34.1 Å². The van der Waals surface area contributed by atoms with Gasteiger partial charge in [0.1, 0.15) is 5.54 Å². The second-order valence-electron chi connectivity index (χ2n) is 6.36. The lowest BCUT2D eigenvalue weighted by atomic mass is 9.54. The molecule has 0 saturated heterocycles. The number of rotatable bonds is 4. The monoisotopic (exact) mass is 355 g/mol. The number of nitrogens with two attached hydrogens (primary N) is 1. The number of ether oxygens (including phenoxy) is 1. The first-order chi connectivity index (χ1) is 10.8. The van der Waals surface area contributed by atoms with E-state index >= 15 is 0 Å². The fourth-order valence-corrected chi connectivity index (χ4v) is 3.58. The van der Waals surface area contributed by atoms with E-state index in [0.717, 1.165) is 0 Å². The van der Waals surface area contributed by atoms with Crippen molar-refractivity contribution in [3.8, 4) is 11.4 Å². The van der Waals surface area contributed by atoms with Crippen molar-refractivity contribution in [3.63, 3.8) is 0 Å². The van der Waals surface area contributed by atoms with Crippen LogP contribution >= 0.6 is 23.2 Å². The molecule has 1 fully saturated rings. The number of nitrogens with zero attached hydrogens (tertiary/aromatic N) is 2. The lowest BCUT2D eigenvalue weighted by Crippen LogP contribution is -2.67. The van der Waals surface area contributed by atoms with Crippen LogP contribution in [0.25, 0.3) is 11.4 Å². The highest BCUT2D eigenvalue weighted by Gasteiger charge is 2.62. The first-order valence-electron chi connectivity index (χ1n) is 7.50. The molecule has 0 radical (unpaired) electrons. The molecule has 2 aromatic rings. The zero-order valence-corrected chi connectivity index (χ0v) is 14.8. The molecular weight excluding hydrogens is 337 g/mol. The fraction of sp³-hybridized carbons (Fsp3) is 0.500. The van der Waals surface area contributed by atoms with Gasteiger partial charge in [0.2, 0.25) is 11.7 Å². The Morgan fingerprint density at radius 2 is 2.00 bits per heavy atom. The highest BCUT2D eigenvalue weighted by molar-refractivity contribution is 6.38. The van der Waals surface area contributed by atoms with Crippen molar-refractivity contribution in [2.75, 3.05) is 6.61 Å². The van der Waals surface area contributed by atoms with Gasteiger partial charge in [0.15, 0.2) is 0 Å². The molecule has 1 aliphatic rings. The Hall–Kier alpha value is -1.14. The zero-order chi connectivity index (χ0) is 16.8. The second kappa shape index (κ2) is 5.74. The molecule has 2 unspecified atom stereocenters. The van der Waals surface area contributed by atoms with Crippen LogP contribution in [0, 0.1) is 5.41 Å². The van der Waals surface area contributed by atoms with Gasteiger partial charge < -0.3 is 15.0 Å². The third-order valence-corrected chi connectivity index (χ3v) is 5.45. The highest BCUT2D eigenvalue weighted by atomic mass is 35.5. The van der Waals surface area contributed by atoms with Gasteiger partial charge in [-0.1, -0.05) is 48.3 Å². The summed E-state index contributed by atoms with van der Waals surface area (Å²) >= 11 is 12.4. The van der Waals surface area contributed by atoms with Gasteiger partial charge >= 0.3 is 0 Å². The maximum atomic E-state index is 6.55.